The minimum Gasteiger partial charge on any atom is -0.469 e. The molecule has 10 heteroatoms. The largest absolute Gasteiger partial charge is 0.469 e. The summed E-state index contributed by atoms with van der Waals surface area (Å²) >= 11 is 0. The van der Waals surface area contributed by atoms with Crippen LogP contribution in [-0.4, -0.2) is 61.9 Å². The summed E-state index contributed by atoms with van der Waals surface area (Å²) in [5.41, 5.74) is 1.62. The number of rotatable bonds is 12. The Bertz CT molecular complexity index is 1570. The van der Waals surface area contributed by atoms with Gasteiger partial charge in [-0.05, 0) is 59.7 Å². The van der Waals surface area contributed by atoms with Crippen molar-refractivity contribution in [2.75, 3.05) is 28.3 Å². The van der Waals surface area contributed by atoms with E-state index in [-0.39, 0.29) is 13.1 Å². The second-order valence-corrected chi connectivity index (χ2v) is 11.7. The quantitative estimate of drug-likeness (QED) is 0.179. The summed E-state index contributed by atoms with van der Waals surface area (Å²) in [7, 11) is 5.57. The zero-order valence-corrected chi connectivity index (χ0v) is 27.3. The summed E-state index contributed by atoms with van der Waals surface area (Å²) in [6.07, 6.45) is 0. The van der Waals surface area contributed by atoms with Crippen LogP contribution in [0.1, 0.15) is 11.1 Å². The molecule has 0 spiro atoms. The molecule has 0 saturated heterocycles. The van der Waals surface area contributed by atoms with E-state index in [1.807, 2.05) is 84.9 Å². The summed E-state index contributed by atoms with van der Waals surface area (Å²) in [6.45, 7) is 0.399. The molecule has 248 valence electrons. The fourth-order valence-electron chi connectivity index (χ4n) is 6.01. The second kappa shape index (κ2) is 15.3. The van der Waals surface area contributed by atoms with E-state index >= 15 is 0 Å². The van der Waals surface area contributed by atoms with E-state index in [1.165, 1.54) is 24.0 Å². The Morgan fingerprint density at radius 2 is 0.792 bits per heavy atom. The maximum absolute atomic E-state index is 13.8. The van der Waals surface area contributed by atoms with E-state index < -0.39 is 47.4 Å². The third kappa shape index (κ3) is 7.66. The van der Waals surface area contributed by atoms with E-state index in [4.69, 9.17) is 18.9 Å². The highest BCUT2D eigenvalue weighted by Crippen LogP contribution is 2.49. The molecule has 1 aliphatic carbocycles. The Labute approximate surface area is 279 Å². The first-order chi connectivity index (χ1) is 23.2. The van der Waals surface area contributed by atoms with Gasteiger partial charge in [-0.2, -0.15) is 0 Å². The number of para-hydroxylation sites is 2. The average Bonchev–Trinajstić information content (AvgIpc) is 3.10. The number of nitrogens with zero attached hydrogens (tertiary/aromatic N) is 2. The van der Waals surface area contributed by atoms with E-state index in [1.54, 1.807) is 38.4 Å². The Kier molecular flexibility index (Phi) is 10.7. The highest BCUT2D eigenvalue weighted by atomic mass is 16.5. The fourth-order valence-corrected chi connectivity index (χ4v) is 6.01. The van der Waals surface area contributed by atoms with E-state index in [0.29, 0.717) is 23.0 Å². The van der Waals surface area contributed by atoms with Crippen LogP contribution < -0.4 is 9.47 Å². The monoisotopic (exact) mass is 650 g/mol. The molecule has 0 radical (unpaired) electrons. The van der Waals surface area contributed by atoms with Crippen molar-refractivity contribution >= 4 is 23.8 Å². The fraction of sp³-hybridized carbons (Fsp3) is 0.263. The van der Waals surface area contributed by atoms with Crippen LogP contribution in [0, 0.1) is 23.7 Å². The molecule has 1 aliphatic rings. The van der Waals surface area contributed by atoms with Gasteiger partial charge in [0.05, 0.1) is 37.9 Å². The normalized spacial score (nSPS) is 18.1. The van der Waals surface area contributed by atoms with Crippen molar-refractivity contribution in [2.45, 2.75) is 13.1 Å². The number of esters is 2. The Balaban J connectivity index is 1.27. The first kappa shape index (κ1) is 33.7. The highest BCUT2D eigenvalue weighted by molar-refractivity contribution is 6.00. The predicted molar refractivity (Wildman–Crippen MR) is 177 cm³/mol. The first-order valence-corrected chi connectivity index (χ1v) is 15.5. The van der Waals surface area contributed by atoms with Crippen LogP contribution in [0.15, 0.2) is 109 Å². The minimum atomic E-state index is -1.16. The lowest BCUT2D eigenvalue weighted by Crippen LogP contribution is -2.64. The van der Waals surface area contributed by atoms with Crippen LogP contribution in [0.2, 0.25) is 0 Å². The van der Waals surface area contributed by atoms with Crippen molar-refractivity contribution in [1.82, 2.24) is 9.80 Å². The summed E-state index contributed by atoms with van der Waals surface area (Å²) in [4.78, 5) is 56.7. The number of hydrogen-bond acceptors (Lipinski definition) is 8. The minimum absolute atomic E-state index is 0.200. The molecule has 0 aromatic heterocycles. The molecule has 10 nitrogen and oxygen atoms in total. The van der Waals surface area contributed by atoms with Crippen molar-refractivity contribution in [3.8, 4) is 23.0 Å². The Hall–Kier alpha value is -5.64. The van der Waals surface area contributed by atoms with Crippen molar-refractivity contribution in [2.24, 2.45) is 23.7 Å². The molecule has 1 saturated carbocycles. The molecule has 2 amide bonds. The summed E-state index contributed by atoms with van der Waals surface area (Å²) < 4.78 is 21.8. The average molecular weight is 651 g/mol. The molecule has 0 N–H and O–H groups in total. The summed E-state index contributed by atoms with van der Waals surface area (Å²) in [5, 5.41) is 0. The van der Waals surface area contributed by atoms with Crippen LogP contribution in [-0.2, 0) is 41.7 Å². The number of benzene rings is 4. The number of methoxy groups -OCH3 is 2. The lowest BCUT2D eigenvalue weighted by Gasteiger charge is -2.48. The Morgan fingerprint density at radius 1 is 0.479 bits per heavy atom. The molecular weight excluding hydrogens is 612 g/mol. The number of hydrogen-bond donors (Lipinski definition) is 0. The van der Waals surface area contributed by atoms with Crippen molar-refractivity contribution in [3.05, 3.63) is 120 Å². The van der Waals surface area contributed by atoms with Gasteiger partial charge in [-0.3, -0.25) is 19.2 Å². The van der Waals surface area contributed by atoms with Gasteiger partial charge in [0.2, 0.25) is 11.8 Å². The van der Waals surface area contributed by atoms with Gasteiger partial charge in [0.25, 0.3) is 0 Å². The molecule has 4 aromatic carbocycles. The van der Waals surface area contributed by atoms with Gasteiger partial charge in [-0.15, -0.1) is 0 Å². The van der Waals surface area contributed by atoms with E-state index in [9.17, 15) is 19.2 Å². The molecule has 48 heavy (non-hydrogen) atoms. The molecule has 0 unspecified atom stereocenters. The first-order valence-electron chi connectivity index (χ1n) is 15.5. The molecule has 0 bridgehead atoms. The van der Waals surface area contributed by atoms with Crippen molar-refractivity contribution < 1.29 is 38.1 Å². The highest BCUT2D eigenvalue weighted by Gasteiger charge is 2.65. The number of carbonyl (C=O) groups is 4. The molecular formula is C38H38N2O8. The molecule has 0 atom stereocenters. The topological polar surface area (TPSA) is 112 Å². The van der Waals surface area contributed by atoms with Crippen molar-refractivity contribution in [1.29, 1.82) is 0 Å². The van der Waals surface area contributed by atoms with Gasteiger partial charge in [0.15, 0.2) is 0 Å². The van der Waals surface area contributed by atoms with Crippen LogP contribution in [0.3, 0.4) is 0 Å². The number of amides is 2. The third-order valence-corrected chi connectivity index (χ3v) is 8.46. The maximum Gasteiger partial charge on any atom is 0.310 e. The standard InChI is InChI=1S/C38H38N2O8/c1-39(23-25-15-19-29(20-16-25)47-27-11-7-5-8-12-27)35(41)31-33(37(43)45-3)32(34(31)38(44)46-4)36(42)40(2)24-26-17-21-30(22-18-26)48-28-13-9-6-10-14-28/h5-22,31-34H,23-24H2,1-4H3/t31-,32-,33-,34-. The van der Waals surface area contributed by atoms with Gasteiger partial charge in [-0.25, -0.2) is 0 Å². The number of carbonyl (C=O) groups excluding carboxylic acids is 4. The van der Waals surface area contributed by atoms with E-state index in [0.717, 1.165) is 11.1 Å². The zero-order valence-electron chi connectivity index (χ0n) is 27.3. The summed E-state index contributed by atoms with van der Waals surface area (Å²) in [6, 6.07) is 33.3. The SMILES string of the molecule is COC(=O)[C@H]1[C@H](C(=O)N(C)Cc2ccc(Oc3ccccc3)cc2)[C@H](C(=O)OC)[C@H]1C(=O)N(C)Cc1ccc(Oc2ccccc2)cc1. The molecule has 0 heterocycles. The van der Waals surface area contributed by atoms with Crippen LogP contribution in [0.4, 0.5) is 0 Å². The van der Waals surface area contributed by atoms with Gasteiger partial charge in [0, 0.05) is 27.2 Å². The smallest absolute Gasteiger partial charge is 0.310 e. The van der Waals surface area contributed by atoms with Crippen LogP contribution >= 0.6 is 0 Å². The van der Waals surface area contributed by atoms with E-state index in [2.05, 4.69) is 0 Å². The zero-order chi connectivity index (χ0) is 34.2. The van der Waals surface area contributed by atoms with Gasteiger partial charge >= 0.3 is 11.9 Å². The van der Waals surface area contributed by atoms with Crippen LogP contribution in [0.5, 0.6) is 23.0 Å². The lowest BCUT2D eigenvalue weighted by atomic mass is 9.55. The Morgan fingerprint density at radius 3 is 1.10 bits per heavy atom. The number of ether oxygens (including phenoxy) is 4. The molecule has 4 aromatic rings. The maximum atomic E-state index is 13.8. The molecule has 5 rings (SSSR count). The van der Waals surface area contributed by atoms with Crippen molar-refractivity contribution in [3.63, 3.8) is 0 Å². The van der Waals surface area contributed by atoms with Crippen LogP contribution in [0.25, 0.3) is 0 Å². The van der Waals surface area contributed by atoms with Gasteiger partial charge in [-0.1, -0.05) is 60.7 Å². The van der Waals surface area contributed by atoms with Gasteiger partial charge in [0.1, 0.15) is 23.0 Å². The lowest BCUT2D eigenvalue weighted by molar-refractivity contribution is -0.189. The predicted octanol–water partition coefficient (Wildman–Crippen LogP) is 5.71. The summed E-state index contributed by atoms with van der Waals surface area (Å²) in [5.74, 6) is -4.32. The second-order valence-electron chi connectivity index (χ2n) is 11.7. The molecule has 0 aliphatic heterocycles. The molecule has 1 fully saturated rings. The van der Waals surface area contributed by atoms with Gasteiger partial charge < -0.3 is 28.7 Å². The third-order valence-electron chi connectivity index (χ3n) is 8.46.